The normalized spacial score (nSPS) is 19.1. The molecule has 1 aliphatic rings. The van der Waals surface area contributed by atoms with Gasteiger partial charge >= 0.3 is 0 Å². The Labute approximate surface area is 98.9 Å². The first-order chi connectivity index (χ1) is 7.62. The lowest BCUT2D eigenvalue weighted by Gasteiger charge is -2.44. The van der Waals surface area contributed by atoms with Crippen LogP contribution in [-0.2, 0) is 0 Å². The monoisotopic (exact) mass is 222 g/mol. The van der Waals surface area contributed by atoms with Crippen molar-refractivity contribution in [2.24, 2.45) is 5.41 Å². The molecule has 1 aromatic rings. The van der Waals surface area contributed by atoms with Gasteiger partial charge in [-0.2, -0.15) is 0 Å². The van der Waals surface area contributed by atoms with Gasteiger partial charge in [-0.3, -0.25) is 0 Å². The van der Waals surface area contributed by atoms with Crippen molar-refractivity contribution in [2.45, 2.75) is 52.9 Å². The van der Waals surface area contributed by atoms with Crippen LogP contribution in [0, 0.1) is 11.2 Å². The first kappa shape index (κ1) is 13.2. The van der Waals surface area contributed by atoms with E-state index >= 15 is 0 Å². The smallest absolute Gasteiger partial charge is 0.123 e. The Balaban J connectivity index is 0.000000606. The van der Waals surface area contributed by atoms with Crippen LogP contribution < -0.4 is 0 Å². The third-order valence-corrected chi connectivity index (χ3v) is 3.91. The summed E-state index contributed by atoms with van der Waals surface area (Å²) in [6.07, 6.45) is 3.97. The highest BCUT2D eigenvalue weighted by Gasteiger charge is 2.37. The summed E-state index contributed by atoms with van der Waals surface area (Å²) in [6, 6.07) is 6.97. The Morgan fingerprint density at radius 1 is 1.12 bits per heavy atom. The van der Waals surface area contributed by atoms with Gasteiger partial charge in [0.15, 0.2) is 0 Å². The van der Waals surface area contributed by atoms with Crippen LogP contribution in [0.15, 0.2) is 24.3 Å². The lowest BCUT2D eigenvalue weighted by Crippen LogP contribution is -2.31. The molecule has 0 saturated heterocycles. The van der Waals surface area contributed by atoms with Crippen molar-refractivity contribution in [3.63, 3.8) is 0 Å². The molecule has 1 saturated carbocycles. The molecule has 1 unspecified atom stereocenters. The number of hydrogen-bond acceptors (Lipinski definition) is 0. The van der Waals surface area contributed by atoms with Gasteiger partial charge < -0.3 is 0 Å². The van der Waals surface area contributed by atoms with E-state index in [1.165, 1.54) is 24.8 Å². The van der Waals surface area contributed by atoms with E-state index < -0.39 is 0 Å². The Morgan fingerprint density at radius 2 is 1.62 bits per heavy atom. The van der Waals surface area contributed by atoms with E-state index in [4.69, 9.17) is 0 Å². The molecule has 0 aromatic heterocycles. The van der Waals surface area contributed by atoms with Crippen LogP contribution in [0.4, 0.5) is 4.39 Å². The largest absolute Gasteiger partial charge is 0.207 e. The fourth-order valence-electron chi connectivity index (χ4n) is 2.32. The molecule has 0 radical (unpaired) electrons. The zero-order valence-corrected chi connectivity index (χ0v) is 10.9. The number of rotatable bonds is 2. The molecule has 0 aliphatic heterocycles. The lowest BCUT2D eigenvalue weighted by molar-refractivity contribution is 0.125. The molecule has 0 nitrogen and oxygen atoms in total. The van der Waals surface area contributed by atoms with E-state index in [0.29, 0.717) is 11.3 Å². The minimum absolute atomic E-state index is 0.139. The molecule has 1 fully saturated rings. The molecule has 90 valence electrons. The second-order valence-electron chi connectivity index (χ2n) is 4.78. The zero-order valence-electron chi connectivity index (χ0n) is 10.9. The van der Waals surface area contributed by atoms with Crippen molar-refractivity contribution in [3.8, 4) is 0 Å². The molecule has 1 heteroatoms. The van der Waals surface area contributed by atoms with Gasteiger partial charge in [-0.1, -0.05) is 46.2 Å². The van der Waals surface area contributed by atoms with Gasteiger partial charge in [-0.05, 0) is 41.9 Å². The Bertz CT molecular complexity index is 309. The number of hydrogen-bond donors (Lipinski definition) is 0. The topological polar surface area (TPSA) is 0 Å². The van der Waals surface area contributed by atoms with Gasteiger partial charge in [-0.15, -0.1) is 0 Å². The first-order valence-corrected chi connectivity index (χ1v) is 6.37. The average molecular weight is 222 g/mol. The number of halogens is 1. The van der Waals surface area contributed by atoms with Gasteiger partial charge in [-0.25, -0.2) is 4.39 Å². The quantitative estimate of drug-likeness (QED) is 0.649. The molecule has 0 amide bonds. The number of benzene rings is 1. The molecular formula is C15H23F. The Morgan fingerprint density at radius 3 is 2.00 bits per heavy atom. The van der Waals surface area contributed by atoms with Crippen molar-refractivity contribution in [3.05, 3.63) is 35.6 Å². The van der Waals surface area contributed by atoms with E-state index in [9.17, 15) is 4.39 Å². The van der Waals surface area contributed by atoms with Gasteiger partial charge in [0.25, 0.3) is 0 Å². The Kier molecular flexibility index (Phi) is 4.52. The van der Waals surface area contributed by atoms with Crippen molar-refractivity contribution in [2.75, 3.05) is 0 Å². The minimum atomic E-state index is -0.139. The van der Waals surface area contributed by atoms with Crippen molar-refractivity contribution < 1.29 is 4.39 Å². The van der Waals surface area contributed by atoms with Gasteiger partial charge in [0.1, 0.15) is 5.82 Å². The third kappa shape index (κ3) is 2.63. The summed E-state index contributed by atoms with van der Waals surface area (Å²) >= 11 is 0. The summed E-state index contributed by atoms with van der Waals surface area (Å²) in [6.45, 7) is 8.59. The van der Waals surface area contributed by atoms with Gasteiger partial charge in [0.05, 0.1) is 0 Å². The van der Waals surface area contributed by atoms with Crippen LogP contribution in [0.5, 0.6) is 0 Å². The third-order valence-electron chi connectivity index (χ3n) is 3.91. The van der Waals surface area contributed by atoms with Crippen molar-refractivity contribution in [1.82, 2.24) is 0 Å². The second-order valence-corrected chi connectivity index (χ2v) is 4.78. The molecular weight excluding hydrogens is 199 g/mol. The SMILES string of the molecule is CC.CC(c1ccc(F)cc1)C1(C)CCC1. The summed E-state index contributed by atoms with van der Waals surface area (Å²) in [5.41, 5.74) is 1.73. The molecule has 0 N–H and O–H groups in total. The standard InChI is InChI=1S/C13H17F.C2H6/c1-10(13(2)8-3-9-13)11-4-6-12(14)7-5-11;1-2/h4-7,10H,3,8-9H2,1-2H3;1-2H3. The van der Waals surface area contributed by atoms with Crippen LogP contribution in [0.25, 0.3) is 0 Å². The van der Waals surface area contributed by atoms with Crippen LogP contribution in [0.2, 0.25) is 0 Å². The predicted octanol–water partition coefficient (Wildman–Crippen LogP) is 5.15. The maximum Gasteiger partial charge on any atom is 0.123 e. The van der Waals surface area contributed by atoms with Gasteiger partial charge in [0, 0.05) is 0 Å². The van der Waals surface area contributed by atoms with E-state index in [0.717, 1.165) is 0 Å². The summed E-state index contributed by atoms with van der Waals surface area (Å²) in [5, 5.41) is 0. The van der Waals surface area contributed by atoms with Crippen LogP contribution in [0.3, 0.4) is 0 Å². The molecule has 1 atom stereocenters. The summed E-state index contributed by atoms with van der Waals surface area (Å²) in [4.78, 5) is 0. The van der Waals surface area contributed by atoms with E-state index in [-0.39, 0.29) is 5.82 Å². The highest BCUT2D eigenvalue weighted by molar-refractivity contribution is 5.22. The van der Waals surface area contributed by atoms with E-state index in [2.05, 4.69) is 13.8 Å². The summed E-state index contributed by atoms with van der Waals surface area (Å²) < 4.78 is 12.7. The fourth-order valence-corrected chi connectivity index (χ4v) is 2.32. The summed E-state index contributed by atoms with van der Waals surface area (Å²) in [7, 11) is 0. The average Bonchev–Trinajstić information content (AvgIpc) is 2.29. The van der Waals surface area contributed by atoms with E-state index in [1.54, 1.807) is 12.1 Å². The van der Waals surface area contributed by atoms with Crippen molar-refractivity contribution in [1.29, 1.82) is 0 Å². The molecule has 0 bridgehead atoms. The van der Waals surface area contributed by atoms with Crippen LogP contribution >= 0.6 is 0 Å². The molecule has 0 heterocycles. The molecule has 16 heavy (non-hydrogen) atoms. The van der Waals surface area contributed by atoms with Crippen LogP contribution in [-0.4, -0.2) is 0 Å². The zero-order chi connectivity index (χ0) is 12.2. The highest BCUT2D eigenvalue weighted by atomic mass is 19.1. The van der Waals surface area contributed by atoms with Crippen molar-refractivity contribution >= 4 is 0 Å². The van der Waals surface area contributed by atoms with Gasteiger partial charge in [0.2, 0.25) is 0 Å². The summed E-state index contributed by atoms with van der Waals surface area (Å²) in [5.74, 6) is 0.413. The van der Waals surface area contributed by atoms with Crippen LogP contribution in [0.1, 0.15) is 58.4 Å². The maximum atomic E-state index is 12.7. The highest BCUT2D eigenvalue weighted by Crippen LogP contribution is 2.50. The fraction of sp³-hybridized carbons (Fsp3) is 0.600. The van der Waals surface area contributed by atoms with E-state index in [1.807, 2.05) is 26.0 Å². The first-order valence-electron chi connectivity index (χ1n) is 6.37. The minimum Gasteiger partial charge on any atom is -0.207 e. The molecule has 1 aliphatic carbocycles. The molecule has 1 aromatic carbocycles. The predicted molar refractivity (Wildman–Crippen MR) is 68.1 cm³/mol. The second kappa shape index (κ2) is 5.47. The maximum absolute atomic E-state index is 12.7. The molecule has 0 spiro atoms. The molecule has 2 rings (SSSR count). The Hall–Kier alpha value is -0.850. The lowest BCUT2D eigenvalue weighted by atomic mass is 9.61.